The van der Waals surface area contributed by atoms with E-state index in [-0.39, 0.29) is 11.3 Å². The van der Waals surface area contributed by atoms with Crippen LogP contribution in [0.3, 0.4) is 0 Å². The Hall–Kier alpha value is -2.51. The Morgan fingerprint density at radius 2 is 1.81 bits per heavy atom. The Labute approximate surface area is 147 Å². The van der Waals surface area contributed by atoms with Crippen LogP contribution in [0.15, 0.2) is 54.6 Å². The molecule has 3 N–H and O–H groups in total. The molecule has 1 saturated carbocycles. The van der Waals surface area contributed by atoms with Crippen molar-refractivity contribution in [3.8, 4) is 5.75 Å². The van der Waals surface area contributed by atoms with E-state index in [0.29, 0.717) is 16.6 Å². The number of H-pyrrole nitrogens is 1. The molecule has 0 saturated heterocycles. The molecule has 1 fully saturated rings. The molecule has 0 aliphatic heterocycles. The smallest absolute Gasteiger partial charge is 0.406 e. The second-order valence-electron chi connectivity index (χ2n) is 6.52. The number of aromatic nitrogens is 1. The molecule has 1 atom stereocenters. The van der Waals surface area contributed by atoms with E-state index >= 15 is 0 Å². The third-order valence-electron chi connectivity index (χ3n) is 4.63. The van der Waals surface area contributed by atoms with Crippen LogP contribution in [0, 0.1) is 0 Å². The van der Waals surface area contributed by atoms with Crippen molar-refractivity contribution in [3.05, 3.63) is 65.9 Å². The van der Waals surface area contributed by atoms with Gasteiger partial charge in [0.2, 0.25) is 0 Å². The van der Waals surface area contributed by atoms with Crippen molar-refractivity contribution >= 4 is 10.9 Å². The summed E-state index contributed by atoms with van der Waals surface area (Å²) < 4.78 is 41.0. The number of ether oxygens (including phenoxy) is 1. The van der Waals surface area contributed by atoms with Gasteiger partial charge in [0.25, 0.3) is 0 Å². The zero-order chi connectivity index (χ0) is 18.4. The van der Waals surface area contributed by atoms with Gasteiger partial charge in [-0.25, -0.2) is 0 Å². The van der Waals surface area contributed by atoms with Gasteiger partial charge in [0.1, 0.15) is 12.0 Å². The molecule has 4 nitrogen and oxygen atoms in total. The summed E-state index contributed by atoms with van der Waals surface area (Å²) in [5.74, 6) is -0.291. The lowest BCUT2D eigenvalue weighted by Crippen LogP contribution is -2.32. The second kappa shape index (κ2) is 6.03. The van der Waals surface area contributed by atoms with Crippen molar-refractivity contribution in [1.29, 1.82) is 0 Å². The number of fused-ring (bicyclic) bond motifs is 1. The van der Waals surface area contributed by atoms with Crippen LogP contribution >= 0.6 is 0 Å². The number of benzene rings is 2. The Balaban J connectivity index is 1.55. The first-order valence-corrected chi connectivity index (χ1v) is 8.24. The Morgan fingerprint density at radius 3 is 2.46 bits per heavy atom. The largest absolute Gasteiger partial charge is 0.573 e. The molecule has 26 heavy (non-hydrogen) atoms. The number of alkyl halides is 3. The standard InChI is InChI=1S/C19H17F3N2O2/c20-19(21,22)26-14-6-7-15-12(10-14)11-16(23-15)17(25)24-18(8-9-18)13-4-2-1-3-5-13/h1-7,10-11,17,23-25H,8-9H2. The SMILES string of the molecule is OC(NC1(c2ccccc2)CC1)c1cc2cc(OC(F)(F)F)ccc2[nH]1. The van der Waals surface area contributed by atoms with Crippen molar-refractivity contribution in [2.45, 2.75) is 31.0 Å². The fourth-order valence-corrected chi connectivity index (χ4v) is 3.22. The molecule has 0 radical (unpaired) electrons. The molecule has 0 bridgehead atoms. The number of rotatable bonds is 5. The number of nitrogens with one attached hydrogen (secondary N) is 2. The van der Waals surface area contributed by atoms with E-state index in [1.165, 1.54) is 18.2 Å². The molecule has 0 spiro atoms. The number of hydrogen-bond acceptors (Lipinski definition) is 3. The predicted octanol–water partition coefficient (Wildman–Crippen LogP) is 4.34. The molecule has 136 valence electrons. The van der Waals surface area contributed by atoms with Crippen molar-refractivity contribution in [2.75, 3.05) is 0 Å². The molecule has 2 aromatic carbocycles. The van der Waals surface area contributed by atoms with Crippen LogP contribution in [0.25, 0.3) is 10.9 Å². The predicted molar refractivity (Wildman–Crippen MR) is 90.4 cm³/mol. The van der Waals surface area contributed by atoms with E-state index in [2.05, 4.69) is 15.0 Å². The maximum absolute atomic E-state index is 12.3. The van der Waals surface area contributed by atoms with E-state index in [4.69, 9.17) is 0 Å². The highest BCUT2D eigenvalue weighted by Crippen LogP contribution is 2.46. The molecule has 1 unspecified atom stereocenters. The van der Waals surface area contributed by atoms with Gasteiger partial charge in [-0.1, -0.05) is 30.3 Å². The molecule has 0 amide bonds. The summed E-state index contributed by atoms with van der Waals surface area (Å²) in [5.41, 5.74) is 1.96. The Kier molecular flexibility index (Phi) is 3.93. The van der Waals surface area contributed by atoms with Crippen LogP contribution < -0.4 is 10.1 Å². The zero-order valence-corrected chi connectivity index (χ0v) is 13.7. The molecule has 3 aromatic rings. The quantitative estimate of drug-likeness (QED) is 0.592. The fourth-order valence-electron chi connectivity index (χ4n) is 3.22. The second-order valence-corrected chi connectivity index (χ2v) is 6.52. The average Bonchev–Trinajstić information content (AvgIpc) is 3.24. The van der Waals surface area contributed by atoms with Crippen molar-refractivity contribution in [3.63, 3.8) is 0 Å². The highest BCUT2D eigenvalue weighted by molar-refractivity contribution is 5.82. The third-order valence-corrected chi connectivity index (χ3v) is 4.63. The van der Waals surface area contributed by atoms with Gasteiger partial charge in [-0.15, -0.1) is 13.2 Å². The van der Waals surface area contributed by atoms with Crippen LogP contribution in [-0.2, 0) is 5.54 Å². The van der Waals surface area contributed by atoms with Crippen molar-refractivity contribution in [1.82, 2.24) is 10.3 Å². The first-order valence-electron chi connectivity index (χ1n) is 8.24. The van der Waals surface area contributed by atoms with Gasteiger partial charge < -0.3 is 14.8 Å². The van der Waals surface area contributed by atoms with Gasteiger partial charge in [0.05, 0.1) is 5.69 Å². The van der Waals surface area contributed by atoms with Crippen molar-refractivity contribution in [2.24, 2.45) is 0 Å². The van der Waals surface area contributed by atoms with E-state index in [1.54, 1.807) is 6.07 Å². The first-order chi connectivity index (χ1) is 12.3. The van der Waals surface area contributed by atoms with Crippen molar-refractivity contribution < 1.29 is 23.0 Å². The van der Waals surface area contributed by atoms with Gasteiger partial charge in [0.15, 0.2) is 0 Å². The highest BCUT2D eigenvalue weighted by Gasteiger charge is 2.45. The number of hydrogen-bond donors (Lipinski definition) is 3. The summed E-state index contributed by atoms with van der Waals surface area (Å²) >= 11 is 0. The monoisotopic (exact) mass is 362 g/mol. The molecule has 1 heterocycles. The lowest BCUT2D eigenvalue weighted by Gasteiger charge is -2.21. The van der Waals surface area contributed by atoms with Crippen LogP contribution in [0.2, 0.25) is 0 Å². The molecule has 1 aliphatic rings. The fraction of sp³-hybridized carbons (Fsp3) is 0.263. The van der Waals surface area contributed by atoms with Gasteiger partial charge in [-0.3, -0.25) is 5.32 Å². The number of aliphatic hydroxyl groups excluding tert-OH is 1. The maximum atomic E-state index is 12.3. The van der Waals surface area contributed by atoms with Gasteiger partial charge in [0, 0.05) is 16.4 Å². The minimum Gasteiger partial charge on any atom is -0.406 e. The number of aliphatic hydroxyl groups is 1. The lowest BCUT2D eigenvalue weighted by atomic mass is 10.0. The van der Waals surface area contributed by atoms with Gasteiger partial charge in [-0.2, -0.15) is 0 Å². The first kappa shape index (κ1) is 16.9. The highest BCUT2D eigenvalue weighted by atomic mass is 19.4. The Bertz CT molecular complexity index is 917. The maximum Gasteiger partial charge on any atom is 0.573 e. The molecule has 4 rings (SSSR count). The van der Waals surface area contributed by atoms with Crippen LogP contribution in [0.1, 0.15) is 30.3 Å². The lowest BCUT2D eigenvalue weighted by molar-refractivity contribution is -0.274. The molecule has 1 aliphatic carbocycles. The molecule has 7 heteroatoms. The summed E-state index contributed by atoms with van der Waals surface area (Å²) in [7, 11) is 0. The van der Waals surface area contributed by atoms with Crippen LogP contribution in [0.4, 0.5) is 13.2 Å². The normalized spacial score (nSPS) is 17.2. The third kappa shape index (κ3) is 3.40. The van der Waals surface area contributed by atoms with Crippen LogP contribution in [0.5, 0.6) is 5.75 Å². The van der Waals surface area contributed by atoms with E-state index in [9.17, 15) is 18.3 Å². The summed E-state index contributed by atoms with van der Waals surface area (Å²) in [6, 6.07) is 15.5. The summed E-state index contributed by atoms with van der Waals surface area (Å²) in [5, 5.41) is 14.3. The molecule has 1 aromatic heterocycles. The van der Waals surface area contributed by atoms with E-state index in [0.717, 1.165) is 18.4 Å². The molecular weight excluding hydrogens is 345 g/mol. The topological polar surface area (TPSA) is 57.3 Å². The van der Waals surface area contributed by atoms with Gasteiger partial charge in [-0.05, 0) is 42.7 Å². The summed E-state index contributed by atoms with van der Waals surface area (Å²) in [6.45, 7) is 0. The Morgan fingerprint density at radius 1 is 1.08 bits per heavy atom. The van der Waals surface area contributed by atoms with Gasteiger partial charge >= 0.3 is 6.36 Å². The zero-order valence-electron chi connectivity index (χ0n) is 13.7. The summed E-state index contributed by atoms with van der Waals surface area (Å²) in [4.78, 5) is 3.04. The number of aromatic amines is 1. The number of halogens is 3. The minimum atomic E-state index is -4.73. The van der Waals surface area contributed by atoms with Crippen LogP contribution in [-0.4, -0.2) is 16.5 Å². The average molecular weight is 362 g/mol. The van der Waals surface area contributed by atoms with E-state index < -0.39 is 12.6 Å². The molecular formula is C19H17F3N2O2. The summed E-state index contributed by atoms with van der Waals surface area (Å²) in [6.07, 6.45) is -3.87. The minimum absolute atomic E-state index is 0.261. The van der Waals surface area contributed by atoms with E-state index in [1.807, 2.05) is 30.3 Å².